The van der Waals surface area contributed by atoms with E-state index in [4.69, 9.17) is 43.2 Å². The van der Waals surface area contributed by atoms with Crippen LogP contribution in [0.15, 0.2) is 96.2 Å². The minimum atomic E-state index is -1.55. The normalized spacial score (nSPS) is 22.2. The Morgan fingerprint density at radius 1 is 0.912 bits per heavy atom. The number of unbranched alkanes of at least 4 members (excludes halogenated alkanes) is 2. The van der Waals surface area contributed by atoms with Crippen LogP contribution in [0.25, 0.3) is 0 Å². The van der Waals surface area contributed by atoms with Crippen LogP contribution >= 0.6 is 0 Å². The van der Waals surface area contributed by atoms with Crippen LogP contribution in [-0.4, -0.2) is 122 Å². The Labute approximate surface area is 400 Å². The van der Waals surface area contributed by atoms with Gasteiger partial charge in [-0.15, -0.1) is 6.58 Å². The molecule has 1 heterocycles. The van der Waals surface area contributed by atoms with E-state index in [1.807, 2.05) is 63.2 Å². The number of carbonyl (C=O) groups is 2. The van der Waals surface area contributed by atoms with Crippen molar-refractivity contribution in [1.82, 2.24) is 4.90 Å². The quantitative estimate of drug-likeness (QED) is 0.0287. The van der Waals surface area contributed by atoms with Gasteiger partial charge in [-0.3, -0.25) is 9.69 Å². The molecule has 0 radical (unpaired) electrons. The predicted molar refractivity (Wildman–Crippen MR) is 256 cm³/mol. The lowest BCUT2D eigenvalue weighted by molar-refractivity contribution is -0.256. The molecule has 1 fully saturated rings. The maximum atomic E-state index is 14.7. The Morgan fingerprint density at radius 3 is 2.37 bits per heavy atom. The topological polar surface area (TPSA) is 184 Å². The molecule has 15 heteroatoms. The van der Waals surface area contributed by atoms with Gasteiger partial charge in [0.2, 0.25) is 5.79 Å². The second kappa shape index (κ2) is 25.4. The highest BCUT2D eigenvalue weighted by atomic mass is 16.7. The summed E-state index contributed by atoms with van der Waals surface area (Å²) in [5.41, 5.74) is 3.02. The largest absolute Gasteiger partial charge is 0.496 e. The number of hydrogen-bond acceptors (Lipinski definition) is 14. The van der Waals surface area contributed by atoms with Crippen LogP contribution in [0.2, 0.25) is 0 Å². The number of aliphatic hydroxyl groups is 3. The van der Waals surface area contributed by atoms with Gasteiger partial charge in [-0.05, 0) is 106 Å². The highest BCUT2D eigenvalue weighted by molar-refractivity contribution is 6.03. The van der Waals surface area contributed by atoms with E-state index in [2.05, 4.69) is 12.7 Å². The lowest BCUT2D eigenvalue weighted by atomic mass is 9.55. The molecule has 0 bridgehead atoms. The van der Waals surface area contributed by atoms with Crippen molar-refractivity contribution in [2.75, 3.05) is 66.5 Å². The highest BCUT2D eigenvalue weighted by Crippen LogP contribution is 2.62. The van der Waals surface area contributed by atoms with Gasteiger partial charge >= 0.3 is 6.09 Å². The van der Waals surface area contributed by atoms with Crippen LogP contribution in [0, 0.1) is 17.8 Å². The lowest BCUT2D eigenvalue weighted by Gasteiger charge is -2.59. The second-order valence-electron chi connectivity index (χ2n) is 18.3. The SMILES string of the molecule is C=CCO[C@@]12Oc3ccc(Oc4ccc(OC)c(C=O)c4)cc3[C@H]3[C@H](CCCCO)[C@@H](CCCCO)C=C(C(=NOC(C)(C)C)C[C@@H]1N(CCOCCO)C(=O)OCCOCc1ccccc1)[C@H]32. The molecule has 0 spiro atoms. The Hall–Kier alpha value is -5.29. The molecule has 3 N–H and O–H groups in total. The van der Waals surface area contributed by atoms with Crippen LogP contribution in [-0.2, 0) is 30.4 Å². The fraction of sp³-hybridized carbons (Fsp3) is 0.528. The summed E-state index contributed by atoms with van der Waals surface area (Å²) in [5, 5.41) is 34.5. The van der Waals surface area contributed by atoms with E-state index in [1.165, 1.54) is 7.11 Å². The third-order valence-corrected chi connectivity index (χ3v) is 12.5. The van der Waals surface area contributed by atoms with Gasteiger partial charge in [0, 0.05) is 37.7 Å². The molecule has 0 saturated heterocycles. The van der Waals surface area contributed by atoms with Crippen LogP contribution in [0.3, 0.4) is 0 Å². The average molecular weight is 943 g/mol. The minimum absolute atomic E-state index is 0.00100. The molecule has 3 aromatic rings. The highest BCUT2D eigenvalue weighted by Gasteiger charge is 2.65. The second-order valence-corrected chi connectivity index (χ2v) is 18.3. The van der Waals surface area contributed by atoms with Gasteiger partial charge in [-0.1, -0.05) is 60.5 Å². The van der Waals surface area contributed by atoms with Crippen LogP contribution in [0.4, 0.5) is 4.79 Å². The van der Waals surface area contributed by atoms with Crippen LogP contribution in [0.1, 0.15) is 93.1 Å². The summed E-state index contributed by atoms with van der Waals surface area (Å²) in [5.74, 6) is -0.613. The first-order valence-electron chi connectivity index (χ1n) is 23.8. The molecule has 3 aliphatic rings. The third-order valence-electron chi connectivity index (χ3n) is 12.5. The Morgan fingerprint density at radius 2 is 1.66 bits per heavy atom. The number of allylic oxidation sites excluding steroid dienone is 1. The molecule has 6 rings (SSSR count). The summed E-state index contributed by atoms with van der Waals surface area (Å²) in [6.07, 6.45) is 8.42. The summed E-state index contributed by atoms with van der Waals surface area (Å²) in [7, 11) is 1.50. The predicted octanol–water partition coefficient (Wildman–Crippen LogP) is 8.40. The number of nitrogens with zero attached hydrogens (tertiary/aromatic N) is 2. The number of aldehydes is 1. The molecule has 1 amide bonds. The van der Waals surface area contributed by atoms with E-state index in [9.17, 15) is 24.9 Å². The number of methoxy groups -OCH3 is 1. The monoisotopic (exact) mass is 942 g/mol. The molecular formula is C53H70N2O13. The van der Waals surface area contributed by atoms with E-state index < -0.39 is 29.4 Å². The van der Waals surface area contributed by atoms with Crippen molar-refractivity contribution in [3.05, 3.63) is 108 Å². The smallest absolute Gasteiger partial charge is 0.410 e. The molecule has 1 aliphatic heterocycles. The van der Waals surface area contributed by atoms with E-state index in [0.29, 0.717) is 53.7 Å². The Bertz CT molecular complexity index is 2160. The van der Waals surface area contributed by atoms with Crippen molar-refractivity contribution in [3.63, 3.8) is 0 Å². The van der Waals surface area contributed by atoms with E-state index >= 15 is 0 Å². The van der Waals surface area contributed by atoms with Gasteiger partial charge in [0.05, 0.1) is 63.9 Å². The number of fused-ring (bicyclic) bond motifs is 2. The summed E-state index contributed by atoms with van der Waals surface area (Å²) >= 11 is 0. The maximum absolute atomic E-state index is 14.7. The van der Waals surface area contributed by atoms with E-state index in [0.717, 1.165) is 48.7 Å². The summed E-state index contributed by atoms with van der Waals surface area (Å²) < 4.78 is 44.0. The zero-order valence-corrected chi connectivity index (χ0v) is 40.0. The number of carbonyl (C=O) groups excluding carboxylic acids is 2. The zero-order chi connectivity index (χ0) is 48.5. The number of ether oxygens (including phenoxy) is 7. The van der Waals surface area contributed by atoms with Gasteiger partial charge in [-0.25, -0.2) is 4.79 Å². The number of oxime groups is 1. The standard InChI is InChI=1S/C53H70N2O13/c1-6-26-65-53-48(55(22-27-62-28-25-58)51(60)64-30-29-63-36-37-14-8-7-9-15-37)34-45(54-68-52(2,3)4)43-32-38(16-10-12-23-56)42(17-11-13-24-57)49(50(43)53)44-33-41(19-21-47(44)67-53)66-40-18-20-46(61-5)39(31-40)35-59/h6-9,14-15,18-21,31-33,35,38,42,48-50,56-58H,1,10-13,16-17,22-30,34,36H2,2-5H3/t38-,42+,48-,49+,50+,53+/m0/s1. The third kappa shape index (κ3) is 13.1. The lowest BCUT2D eigenvalue weighted by Crippen LogP contribution is -2.70. The molecule has 6 atom stereocenters. The van der Waals surface area contributed by atoms with Crippen molar-refractivity contribution < 1.29 is 62.9 Å². The van der Waals surface area contributed by atoms with Crippen molar-refractivity contribution in [1.29, 1.82) is 0 Å². The number of benzene rings is 3. The van der Waals surface area contributed by atoms with Gasteiger partial charge in [0.25, 0.3) is 0 Å². The van der Waals surface area contributed by atoms with Crippen molar-refractivity contribution in [2.24, 2.45) is 22.9 Å². The van der Waals surface area contributed by atoms with Gasteiger partial charge in [0.1, 0.15) is 41.2 Å². The first kappa shape index (κ1) is 52.1. The summed E-state index contributed by atoms with van der Waals surface area (Å²) in [6, 6.07) is 19.5. The number of aliphatic hydroxyl groups excluding tert-OH is 3. The maximum Gasteiger partial charge on any atom is 0.410 e. The van der Waals surface area contributed by atoms with Gasteiger partial charge in [-0.2, -0.15) is 0 Å². The number of rotatable bonds is 27. The summed E-state index contributed by atoms with van der Waals surface area (Å²) in [6.45, 7) is 10.4. The Balaban J connectivity index is 1.51. The van der Waals surface area contributed by atoms with Crippen molar-refractivity contribution in [2.45, 2.75) is 95.7 Å². The number of hydrogen-bond donors (Lipinski definition) is 3. The minimum Gasteiger partial charge on any atom is -0.496 e. The van der Waals surface area contributed by atoms with E-state index in [1.54, 1.807) is 35.2 Å². The fourth-order valence-electron chi connectivity index (χ4n) is 9.65. The molecule has 0 unspecified atom stereocenters. The average Bonchev–Trinajstić information content (AvgIpc) is 3.33. The molecular weight excluding hydrogens is 873 g/mol. The Kier molecular flexibility index (Phi) is 19.4. The fourth-order valence-corrected chi connectivity index (χ4v) is 9.65. The molecule has 3 aromatic carbocycles. The molecule has 0 aromatic heterocycles. The van der Waals surface area contributed by atoms with Crippen LogP contribution in [0.5, 0.6) is 23.0 Å². The van der Waals surface area contributed by atoms with Crippen molar-refractivity contribution >= 4 is 18.1 Å². The van der Waals surface area contributed by atoms with Crippen molar-refractivity contribution in [3.8, 4) is 23.0 Å². The first-order valence-corrected chi connectivity index (χ1v) is 23.8. The first-order chi connectivity index (χ1) is 33.0. The molecule has 68 heavy (non-hydrogen) atoms. The molecule has 370 valence electrons. The summed E-state index contributed by atoms with van der Waals surface area (Å²) in [4.78, 5) is 34.5. The molecule has 15 nitrogen and oxygen atoms in total. The molecule has 1 saturated carbocycles. The molecule has 2 aliphatic carbocycles. The van der Waals surface area contributed by atoms with Crippen LogP contribution < -0.4 is 14.2 Å². The van der Waals surface area contributed by atoms with Gasteiger partial charge < -0.3 is 53.3 Å². The van der Waals surface area contributed by atoms with Gasteiger partial charge in [0.15, 0.2) is 6.29 Å². The number of amides is 1. The van der Waals surface area contributed by atoms with E-state index in [-0.39, 0.29) is 83.6 Å². The zero-order valence-electron chi connectivity index (χ0n) is 40.0.